The molecule has 5 rings (SSSR count). The van der Waals surface area contributed by atoms with Crippen LogP contribution in [0.5, 0.6) is 0 Å². The molecule has 0 fully saturated rings. The summed E-state index contributed by atoms with van der Waals surface area (Å²) in [5, 5.41) is 0. The summed E-state index contributed by atoms with van der Waals surface area (Å²) in [5.74, 6) is 0. The van der Waals surface area contributed by atoms with Crippen LogP contribution < -0.4 is 0 Å². The Labute approximate surface area is 154 Å². The molecular formula is C25H21N. The lowest BCUT2D eigenvalue weighted by Crippen LogP contribution is -2.01. The van der Waals surface area contributed by atoms with Gasteiger partial charge in [0, 0.05) is 5.69 Å². The van der Waals surface area contributed by atoms with Crippen molar-refractivity contribution >= 4 is 0 Å². The minimum Gasteiger partial charge on any atom is -0.309 e. The molecule has 0 bridgehead atoms. The molecule has 0 spiro atoms. The van der Waals surface area contributed by atoms with Crippen LogP contribution in [0, 0.1) is 0 Å². The van der Waals surface area contributed by atoms with Crippen LogP contribution >= 0.6 is 0 Å². The zero-order valence-corrected chi connectivity index (χ0v) is 14.7. The van der Waals surface area contributed by atoms with Gasteiger partial charge in [-0.1, -0.05) is 78.9 Å². The van der Waals surface area contributed by atoms with E-state index in [2.05, 4.69) is 95.6 Å². The molecule has 1 aliphatic rings. The third kappa shape index (κ3) is 2.40. The predicted molar refractivity (Wildman–Crippen MR) is 109 cm³/mol. The van der Waals surface area contributed by atoms with Gasteiger partial charge in [0.25, 0.3) is 0 Å². The third-order valence-corrected chi connectivity index (χ3v) is 5.35. The Morgan fingerprint density at radius 1 is 0.500 bits per heavy atom. The minimum absolute atomic E-state index is 1.17. The fraction of sp³-hybridized carbons (Fsp3) is 0.120. The van der Waals surface area contributed by atoms with E-state index in [4.69, 9.17) is 0 Å². The van der Waals surface area contributed by atoms with Crippen molar-refractivity contribution in [3.8, 4) is 28.2 Å². The minimum atomic E-state index is 1.17. The molecule has 1 aliphatic carbocycles. The Bertz CT molecular complexity index is 963. The van der Waals surface area contributed by atoms with Gasteiger partial charge in [0.15, 0.2) is 0 Å². The molecule has 0 N–H and O–H groups in total. The van der Waals surface area contributed by atoms with Crippen molar-refractivity contribution in [1.82, 2.24) is 4.57 Å². The number of fused-ring (bicyclic) bond motifs is 1. The van der Waals surface area contributed by atoms with Gasteiger partial charge in [-0.25, -0.2) is 0 Å². The van der Waals surface area contributed by atoms with Crippen LogP contribution in [-0.4, -0.2) is 4.57 Å². The molecule has 3 aromatic carbocycles. The van der Waals surface area contributed by atoms with Gasteiger partial charge in [0.05, 0.1) is 11.4 Å². The van der Waals surface area contributed by atoms with Crippen molar-refractivity contribution in [3.63, 3.8) is 0 Å². The number of para-hydroxylation sites is 1. The fourth-order valence-corrected chi connectivity index (χ4v) is 4.28. The Morgan fingerprint density at radius 3 is 1.38 bits per heavy atom. The highest BCUT2D eigenvalue weighted by molar-refractivity contribution is 5.80. The lowest BCUT2D eigenvalue weighted by atomic mass is 10.0. The number of hydrogen-bond donors (Lipinski definition) is 0. The molecule has 1 heterocycles. The van der Waals surface area contributed by atoms with E-state index in [0.717, 1.165) is 0 Å². The van der Waals surface area contributed by atoms with Gasteiger partial charge < -0.3 is 4.57 Å². The molecule has 1 aromatic heterocycles. The molecule has 0 aliphatic heterocycles. The van der Waals surface area contributed by atoms with Gasteiger partial charge in [0.1, 0.15) is 0 Å². The van der Waals surface area contributed by atoms with Gasteiger partial charge in [-0.05, 0) is 53.6 Å². The van der Waals surface area contributed by atoms with E-state index >= 15 is 0 Å². The third-order valence-electron chi connectivity index (χ3n) is 5.35. The van der Waals surface area contributed by atoms with E-state index in [1.165, 1.54) is 58.6 Å². The lowest BCUT2D eigenvalue weighted by Gasteiger charge is -2.16. The van der Waals surface area contributed by atoms with Crippen molar-refractivity contribution < 1.29 is 0 Å². The first-order chi connectivity index (χ1) is 12.9. The second kappa shape index (κ2) is 6.34. The Kier molecular flexibility index (Phi) is 3.71. The van der Waals surface area contributed by atoms with Crippen LogP contribution in [0.3, 0.4) is 0 Å². The summed E-state index contributed by atoms with van der Waals surface area (Å²) in [6.45, 7) is 0. The van der Waals surface area contributed by atoms with Crippen molar-refractivity contribution in [2.24, 2.45) is 0 Å². The number of hydrogen-bond acceptors (Lipinski definition) is 0. The van der Waals surface area contributed by atoms with E-state index in [0.29, 0.717) is 0 Å². The van der Waals surface area contributed by atoms with Crippen LogP contribution in [0.4, 0.5) is 0 Å². The number of rotatable bonds is 3. The summed E-state index contributed by atoms with van der Waals surface area (Å²) in [5.41, 5.74) is 9.62. The van der Waals surface area contributed by atoms with Gasteiger partial charge in [-0.2, -0.15) is 0 Å². The van der Waals surface area contributed by atoms with E-state index in [1.807, 2.05) is 0 Å². The SMILES string of the molecule is c1ccc(-c2c3c(c(-c4ccccc4)n2-c2ccccc2)CCC3)cc1. The molecule has 0 saturated carbocycles. The van der Waals surface area contributed by atoms with Crippen molar-refractivity contribution in [2.75, 3.05) is 0 Å². The van der Waals surface area contributed by atoms with E-state index in [-0.39, 0.29) is 0 Å². The highest BCUT2D eigenvalue weighted by Crippen LogP contribution is 2.43. The fourth-order valence-electron chi connectivity index (χ4n) is 4.28. The molecular weight excluding hydrogens is 314 g/mol. The Morgan fingerprint density at radius 2 is 0.923 bits per heavy atom. The number of nitrogens with zero attached hydrogens (tertiary/aromatic N) is 1. The molecule has 126 valence electrons. The quantitative estimate of drug-likeness (QED) is 0.414. The van der Waals surface area contributed by atoms with Gasteiger partial charge in [0.2, 0.25) is 0 Å². The van der Waals surface area contributed by atoms with Crippen LogP contribution in [0.25, 0.3) is 28.2 Å². The first-order valence-electron chi connectivity index (χ1n) is 9.36. The number of aromatic nitrogens is 1. The lowest BCUT2D eigenvalue weighted by molar-refractivity contribution is 0.893. The van der Waals surface area contributed by atoms with E-state index < -0.39 is 0 Å². The predicted octanol–water partition coefficient (Wildman–Crippen LogP) is 6.30. The number of benzene rings is 3. The second-order valence-electron chi connectivity index (χ2n) is 6.91. The highest BCUT2D eigenvalue weighted by atomic mass is 15.0. The highest BCUT2D eigenvalue weighted by Gasteiger charge is 2.28. The summed E-state index contributed by atoms with van der Waals surface area (Å²) in [6.07, 6.45) is 3.58. The Hall–Kier alpha value is -3.06. The maximum atomic E-state index is 2.48. The average Bonchev–Trinajstić information content (AvgIpc) is 3.30. The first kappa shape index (κ1) is 15.2. The van der Waals surface area contributed by atoms with Crippen molar-refractivity contribution in [1.29, 1.82) is 0 Å². The molecule has 0 unspecified atom stereocenters. The van der Waals surface area contributed by atoms with E-state index in [9.17, 15) is 0 Å². The van der Waals surface area contributed by atoms with Crippen molar-refractivity contribution in [2.45, 2.75) is 19.3 Å². The normalized spacial score (nSPS) is 12.9. The van der Waals surface area contributed by atoms with Crippen LogP contribution in [-0.2, 0) is 12.8 Å². The van der Waals surface area contributed by atoms with Crippen LogP contribution in [0.15, 0.2) is 91.0 Å². The molecule has 1 heteroatoms. The van der Waals surface area contributed by atoms with Crippen LogP contribution in [0.2, 0.25) is 0 Å². The van der Waals surface area contributed by atoms with E-state index in [1.54, 1.807) is 0 Å². The summed E-state index contributed by atoms with van der Waals surface area (Å²) in [6, 6.07) is 32.5. The maximum absolute atomic E-state index is 2.48. The molecule has 26 heavy (non-hydrogen) atoms. The van der Waals surface area contributed by atoms with Crippen LogP contribution in [0.1, 0.15) is 17.5 Å². The second-order valence-corrected chi connectivity index (χ2v) is 6.91. The average molecular weight is 335 g/mol. The summed E-state index contributed by atoms with van der Waals surface area (Å²) in [7, 11) is 0. The van der Waals surface area contributed by atoms with Gasteiger partial charge in [-0.3, -0.25) is 0 Å². The topological polar surface area (TPSA) is 4.93 Å². The van der Waals surface area contributed by atoms with Gasteiger partial charge >= 0.3 is 0 Å². The van der Waals surface area contributed by atoms with Gasteiger partial charge in [-0.15, -0.1) is 0 Å². The molecule has 0 amide bonds. The summed E-state index contributed by atoms with van der Waals surface area (Å²) >= 11 is 0. The molecule has 4 aromatic rings. The van der Waals surface area contributed by atoms with Crippen molar-refractivity contribution in [3.05, 3.63) is 102 Å². The zero-order chi connectivity index (χ0) is 17.3. The first-order valence-corrected chi connectivity index (χ1v) is 9.36. The summed E-state index contributed by atoms with van der Waals surface area (Å²) in [4.78, 5) is 0. The largest absolute Gasteiger partial charge is 0.309 e. The monoisotopic (exact) mass is 335 g/mol. The summed E-state index contributed by atoms with van der Waals surface area (Å²) < 4.78 is 2.48. The maximum Gasteiger partial charge on any atom is 0.0569 e. The molecule has 0 radical (unpaired) electrons. The molecule has 0 atom stereocenters. The smallest absolute Gasteiger partial charge is 0.0569 e. The molecule has 0 saturated heterocycles. The zero-order valence-electron chi connectivity index (χ0n) is 14.7. The Balaban J connectivity index is 1.89. The molecule has 1 nitrogen and oxygen atoms in total. The standard InChI is InChI=1S/C25H21N/c1-4-11-19(12-5-1)24-22-17-10-18-23(22)25(20-13-6-2-7-14-20)26(24)21-15-8-3-9-16-21/h1-9,11-16H,10,17-18H2.